The number of nitrogens with one attached hydrogen (secondary N) is 2. The van der Waals surface area contributed by atoms with E-state index in [1.54, 1.807) is 12.2 Å². The quantitative estimate of drug-likeness (QED) is 0.347. The van der Waals surface area contributed by atoms with Crippen LogP contribution >= 0.6 is 0 Å². The Morgan fingerprint density at radius 3 is 1.92 bits per heavy atom. The molecule has 0 fully saturated rings. The SMILES string of the molecule is C=CCNOC(=O)ONCC=C. The van der Waals surface area contributed by atoms with Crippen LogP contribution in [-0.2, 0) is 9.68 Å². The Hall–Kier alpha value is -1.33. The standard InChI is InChI=1S/C7H12N2O3/c1-3-5-8-11-7(10)12-9-6-4-2/h3-4,8-9H,1-2,5-6H2. The fraction of sp³-hybridized carbons (Fsp3) is 0.286. The molecule has 0 aliphatic rings. The normalized spacial score (nSPS) is 8.67. The third kappa shape index (κ3) is 6.79. The van der Waals surface area contributed by atoms with Gasteiger partial charge in [-0.2, -0.15) is 4.79 Å². The largest absolute Gasteiger partial charge is 0.547 e. The minimum absolute atomic E-state index is 0.372. The van der Waals surface area contributed by atoms with Gasteiger partial charge in [0.05, 0.1) is 0 Å². The molecule has 0 spiro atoms. The van der Waals surface area contributed by atoms with E-state index in [1.807, 2.05) is 0 Å². The van der Waals surface area contributed by atoms with Crippen molar-refractivity contribution in [3.05, 3.63) is 25.3 Å². The number of carbonyl (C=O) groups excluding carboxylic acids is 1. The van der Waals surface area contributed by atoms with E-state index in [1.165, 1.54) is 0 Å². The van der Waals surface area contributed by atoms with Crippen molar-refractivity contribution in [2.45, 2.75) is 0 Å². The molecule has 0 aromatic heterocycles. The predicted molar refractivity (Wildman–Crippen MR) is 44.0 cm³/mol. The van der Waals surface area contributed by atoms with Crippen LogP contribution in [0.3, 0.4) is 0 Å². The zero-order chi connectivity index (χ0) is 9.23. The van der Waals surface area contributed by atoms with Gasteiger partial charge in [-0.25, -0.2) is 0 Å². The molecule has 0 rings (SSSR count). The summed E-state index contributed by atoms with van der Waals surface area (Å²) >= 11 is 0. The average molecular weight is 172 g/mol. The maximum atomic E-state index is 10.6. The van der Waals surface area contributed by atoms with Crippen LogP contribution in [0.1, 0.15) is 0 Å². The first-order chi connectivity index (χ1) is 5.81. The Balaban J connectivity index is 3.21. The molecule has 0 aromatic rings. The summed E-state index contributed by atoms with van der Waals surface area (Å²) in [4.78, 5) is 19.3. The molecule has 2 N–H and O–H groups in total. The second-order valence-electron chi connectivity index (χ2n) is 1.73. The zero-order valence-electron chi connectivity index (χ0n) is 6.71. The van der Waals surface area contributed by atoms with Crippen molar-refractivity contribution in [1.82, 2.24) is 11.0 Å². The van der Waals surface area contributed by atoms with Gasteiger partial charge in [0.2, 0.25) is 0 Å². The lowest BCUT2D eigenvalue weighted by Gasteiger charge is -2.03. The van der Waals surface area contributed by atoms with Crippen LogP contribution < -0.4 is 11.0 Å². The summed E-state index contributed by atoms with van der Waals surface area (Å²) in [5, 5.41) is 0. The summed E-state index contributed by atoms with van der Waals surface area (Å²) in [6.45, 7) is 7.56. The summed E-state index contributed by atoms with van der Waals surface area (Å²) in [5.74, 6) is 0. The number of hydroxylamine groups is 2. The van der Waals surface area contributed by atoms with Gasteiger partial charge in [-0.1, -0.05) is 12.2 Å². The molecular formula is C7H12N2O3. The molecule has 0 amide bonds. The van der Waals surface area contributed by atoms with Crippen LogP contribution in [0.2, 0.25) is 0 Å². The first kappa shape index (κ1) is 10.7. The highest BCUT2D eigenvalue weighted by Crippen LogP contribution is 1.77. The second kappa shape index (κ2) is 7.77. The van der Waals surface area contributed by atoms with Crippen LogP contribution in [-0.4, -0.2) is 19.2 Å². The van der Waals surface area contributed by atoms with E-state index < -0.39 is 6.16 Å². The van der Waals surface area contributed by atoms with Gasteiger partial charge in [0.1, 0.15) is 0 Å². The molecule has 0 aliphatic carbocycles. The van der Waals surface area contributed by atoms with E-state index in [9.17, 15) is 4.79 Å². The highest BCUT2D eigenvalue weighted by Gasteiger charge is 2.00. The minimum Gasteiger partial charge on any atom is -0.337 e. The Labute approximate surface area is 70.9 Å². The van der Waals surface area contributed by atoms with Gasteiger partial charge < -0.3 is 9.68 Å². The lowest BCUT2D eigenvalue weighted by molar-refractivity contribution is -0.00824. The van der Waals surface area contributed by atoms with Crippen molar-refractivity contribution in [2.75, 3.05) is 13.1 Å². The third-order valence-electron chi connectivity index (χ3n) is 0.766. The molecule has 0 saturated heterocycles. The van der Waals surface area contributed by atoms with E-state index in [0.29, 0.717) is 13.1 Å². The Kier molecular flexibility index (Phi) is 6.91. The van der Waals surface area contributed by atoms with Gasteiger partial charge in [0.25, 0.3) is 0 Å². The summed E-state index contributed by atoms with van der Waals surface area (Å²) in [5.41, 5.74) is 4.61. The first-order valence-corrected chi connectivity index (χ1v) is 3.36. The highest BCUT2D eigenvalue weighted by molar-refractivity contribution is 5.58. The van der Waals surface area contributed by atoms with Crippen molar-refractivity contribution in [2.24, 2.45) is 0 Å². The third-order valence-corrected chi connectivity index (χ3v) is 0.766. The average Bonchev–Trinajstić information content (AvgIpc) is 2.06. The van der Waals surface area contributed by atoms with Crippen molar-refractivity contribution in [3.63, 3.8) is 0 Å². The van der Waals surface area contributed by atoms with E-state index >= 15 is 0 Å². The Morgan fingerprint density at radius 2 is 1.58 bits per heavy atom. The minimum atomic E-state index is -0.848. The Morgan fingerprint density at radius 1 is 1.17 bits per heavy atom. The number of rotatable bonds is 6. The van der Waals surface area contributed by atoms with Gasteiger partial charge >= 0.3 is 6.16 Å². The molecule has 0 unspecified atom stereocenters. The molecule has 0 heterocycles. The van der Waals surface area contributed by atoms with Crippen LogP contribution in [0, 0.1) is 0 Å². The van der Waals surface area contributed by atoms with Crippen molar-refractivity contribution in [1.29, 1.82) is 0 Å². The van der Waals surface area contributed by atoms with E-state index in [4.69, 9.17) is 0 Å². The maximum absolute atomic E-state index is 10.6. The lowest BCUT2D eigenvalue weighted by Crippen LogP contribution is -2.26. The Bertz CT molecular complexity index is 143. The van der Waals surface area contributed by atoms with Crippen molar-refractivity contribution in [3.8, 4) is 0 Å². The molecule has 5 heteroatoms. The molecule has 0 aromatic carbocycles. The van der Waals surface area contributed by atoms with Crippen LogP contribution in [0.15, 0.2) is 25.3 Å². The number of carbonyl (C=O) groups is 1. The molecule has 68 valence electrons. The molecule has 12 heavy (non-hydrogen) atoms. The highest BCUT2D eigenvalue weighted by atomic mass is 16.9. The summed E-state index contributed by atoms with van der Waals surface area (Å²) in [6, 6.07) is 0. The monoisotopic (exact) mass is 172 g/mol. The van der Waals surface area contributed by atoms with E-state index in [-0.39, 0.29) is 0 Å². The molecular weight excluding hydrogens is 160 g/mol. The molecule has 0 aliphatic heterocycles. The van der Waals surface area contributed by atoms with Crippen molar-refractivity contribution >= 4 is 6.16 Å². The fourth-order valence-electron chi connectivity index (χ4n) is 0.340. The van der Waals surface area contributed by atoms with Gasteiger partial charge in [0, 0.05) is 13.1 Å². The maximum Gasteiger partial charge on any atom is 0.547 e. The van der Waals surface area contributed by atoms with Gasteiger partial charge in [-0.15, -0.1) is 24.1 Å². The summed E-state index contributed by atoms with van der Waals surface area (Å²) in [7, 11) is 0. The number of hydrogen-bond acceptors (Lipinski definition) is 5. The smallest absolute Gasteiger partial charge is 0.337 e. The van der Waals surface area contributed by atoms with Crippen LogP contribution in [0.5, 0.6) is 0 Å². The molecule has 0 saturated carbocycles. The molecule has 0 atom stereocenters. The van der Waals surface area contributed by atoms with E-state index in [2.05, 4.69) is 33.8 Å². The van der Waals surface area contributed by atoms with Gasteiger partial charge in [-0.3, -0.25) is 0 Å². The van der Waals surface area contributed by atoms with Crippen molar-refractivity contribution < 1.29 is 14.5 Å². The lowest BCUT2D eigenvalue weighted by atomic mass is 10.7. The predicted octanol–water partition coefficient (Wildman–Crippen LogP) is 0.521. The van der Waals surface area contributed by atoms with Crippen LogP contribution in [0.25, 0.3) is 0 Å². The molecule has 0 radical (unpaired) electrons. The summed E-state index contributed by atoms with van der Waals surface area (Å²) in [6.07, 6.45) is 2.24. The zero-order valence-corrected chi connectivity index (χ0v) is 6.71. The number of hydrogen-bond donors (Lipinski definition) is 2. The van der Waals surface area contributed by atoms with E-state index in [0.717, 1.165) is 0 Å². The van der Waals surface area contributed by atoms with Crippen LogP contribution in [0.4, 0.5) is 4.79 Å². The topological polar surface area (TPSA) is 59.6 Å². The first-order valence-electron chi connectivity index (χ1n) is 3.36. The van der Waals surface area contributed by atoms with Gasteiger partial charge in [-0.05, 0) is 0 Å². The molecule has 5 nitrogen and oxygen atoms in total. The van der Waals surface area contributed by atoms with Gasteiger partial charge in [0.15, 0.2) is 0 Å². The fourth-order valence-corrected chi connectivity index (χ4v) is 0.340. The molecule has 0 bridgehead atoms. The summed E-state index contributed by atoms with van der Waals surface area (Å²) < 4.78 is 0. The second-order valence-corrected chi connectivity index (χ2v) is 1.73.